The van der Waals surface area contributed by atoms with Gasteiger partial charge in [0.1, 0.15) is 11.6 Å². The molecule has 7 heteroatoms. The van der Waals surface area contributed by atoms with E-state index in [1.54, 1.807) is 0 Å². The van der Waals surface area contributed by atoms with E-state index in [0.717, 1.165) is 28.5 Å². The van der Waals surface area contributed by atoms with E-state index in [0.29, 0.717) is 5.56 Å². The minimum Gasteiger partial charge on any atom is -0.342 e. The molecule has 0 bridgehead atoms. The Morgan fingerprint density at radius 2 is 1.96 bits per heavy atom. The minimum absolute atomic E-state index is 0.0508. The third kappa shape index (κ3) is 3.25. The van der Waals surface area contributed by atoms with Gasteiger partial charge in [0.2, 0.25) is 10.0 Å². The quantitative estimate of drug-likeness (QED) is 0.771. The lowest BCUT2D eigenvalue weighted by molar-refractivity contribution is 0.579. The molecule has 0 spiro atoms. The second-order valence-corrected chi connectivity index (χ2v) is 7.18. The largest absolute Gasteiger partial charge is 0.342 e. The molecule has 0 amide bonds. The first kappa shape index (κ1) is 15.6. The van der Waals surface area contributed by atoms with Crippen LogP contribution >= 0.6 is 0 Å². The van der Waals surface area contributed by atoms with Crippen LogP contribution in [0.3, 0.4) is 0 Å². The Morgan fingerprint density at radius 3 is 2.70 bits per heavy atom. The van der Waals surface area contributed by atoms with E-state index in [1.165, 1.54) is 19.1 Å². The third-order valence-electron chi connectivity index (χ3n) is 3.57. The molecule has 0 aliphatic carbocycles. The van der Waals surface area contributed by atoms with Crippen LogP contribution in [-0.2, 0) is 16.6 Å². The number of aryl methyl sites for hydroxylation is 2. The third-order valence-corrected chi connectivity index (χ3v) is 4.97. The van der Waals surface area contributed by atoms with Gasteiger partial charge in [0.25, 0.3) is 0 Å². The van der Waals surface area contributed by atoms with Crippen LogP contribution in [0.5, 0.6) is 0 Å². The summed E-state index contributed by atoms with van der Waals surface area (Å²) in [5.74, 6) is 0.378. The smallest absolute Gasteiger partial charge is 0.240 e. The van der Waals surface area contributed by atoms with E-state index in [4.69, 9.17) is 0 Å². The number of aromatic amines is 1. The number of H-pyrrole nitrogens is 1. The van der Waals surface area contributed by atoms with Gasteiger partial charge in [-0.2, -0.15) is 0 Å². The molecule has 0 saturated heterocycles. The van der Waals surface area contributed by atoms with E-state index in [1.807, 2.05) is 25.1 Å². The summed E-state index contributed by atoms with van der Waals surface area (Å²) in [5, 5.41) is 0. The number of rotatable bonds is 4. The van der Waals surface area contributed by atoms with Crippen LogP contribution < -0.4 is 4.72 Å². The Morgan fingerprint density at radius 1 is 1.17 bits per heavy atom. The van der Waals surface area contributed by atoms with Crippen LogP contribution in [0, 0.1) is 19.7 Å². The highest BCUT2D eigenvalue weighted by Crippen LogP contribution is 2.16. The molecule has 5 nitrogen and oxygen atoms in total. The van der Waals surface area contributed by atoms with E-state index in [2.05, 4.69) is 14.7 Å². The van der Waals surface area contributed by atoms with Gasteiger partial charge in [-0.15, -0.1) is 0 Å². The minimum atomic E-state index is -3.69. The molecular formula is C16H16FN3O2S. The van der Waals surface area contributed by atoms with Crippen molar-refractivity contribution >= 4 is 21.1 Å². The van der Waals surface area contributed by atoms with Gasteiger partial charge in [-0.1, -0.05) is 6.07 Å². The van der Waals surface area contributed by atoms with Gasteiger partial charge in [0, 0.05) is 6.54 Å². The number of fused-ring (bicyclic) bond motifs is 1. The highest BCUT2D eigenvalue weighted by atomic mass is 32.2. The summed E-state index contributed by atoms with van der Waals surface area (Å²) >= 11 is 0. The van der Waals surface area contributed by atoms with Gasteiger partial charge < -0.3 is 4.98 Å². The molecule has 0 aliphatic rings. The first-order chi connectivity index (χ1) is 10.8. The lowest BCUT2D eigenvalue weighted by Gasteiger charge is -2.08. The Bertz CT molecular complexity index is 980. The van der Waals surface area contributed by atoms with Crippen LogP contribution in [0.4, 0.5) is 4.39 Å². The average Bonchev–Trinajstić information content (AvgIpc) is 2.87. The number of hydrogen-bond donors (Lipinski definition) is 2. The molecular weight excluding hydrogens is 317 g/mol. The van der Waals surface area contributed by atoms with Crippen molar-refractivity contribution in [1.82, 2.24) is 14.7 Å². The molecule has 120 valence electrons. The zero-order chi connectivity index (χ0) is 16.6. The zero-order valence-corrected chi connectivity index (χ0v) is 13.5. The van der Waals surface area contributed by atoms with Crippen LogP contribution in [0.2, 0.25) is 0 Å². The number of nitrogens with one attached hydrogen (secondary N) is 2. The molecule has 23 heavy (non-hydrogen) atoms. The van der Waals surface area contributed by atoms with Crippen LogP contribution in [0.25, 0.3) is 11.0 Å². The molecule has 3 rings (SSSR count). The Kier molecular flexibility index (Phi) is 3.91. The summed E-state index contributed by atoms with van der Waals surface area (Å²) in [6.45, 7) is 3.54. The summed E-state index contributed by atoms with van der Waals surface area (Å²) in [4.78, 5) is 7.46. The highest BCUT2D eigenvalue weighted by molar-refractivity contribution is 7.89. The predicted octanol–water partition coefficient (Wildman–Crippen LogP) is 2.80. The van der Waals surface area contributed by atoms with E-state index in [9.17, 15) is 12.8 Å². The summed E-state index contributed by atoms with van der Waals surface area (Å²) in [6, 6.07) is 9.24. The molecule has 0 saturated carbocycles. The van der Waals surface area contributed by atoms with Gasteiger partial charge in [-0.3, -0.25) is 0 Å². The molecule has 0 atom stereocenters. The van der Waals surface area contributed by atoms with Crippen LogP contribution in [-0.4, -0.2) is 18.4 Å². The van der Waals surface area contributed by atoms with Gasteiger partial charge in [-0.05, 0) is 55.3 Å². The van der Waals surface area contributed by atoms with Crippen molar-refractivity contribution in [2.24, 2.45) is 0 Å². The van der Waals surface area contributed by atoms with E-state index < -0.39 is 15.8 Å². The molecule has 1 aromatic heterocycles. The van der Waals surface area contributed by atoms with Crippen molar-refractivity contribution in [2.75, 3.05) is 0 Å². The summed E-state index contributed by atoms with van der Waals surface area (Å²) < 4.78 is 40.4. The zero-order valence-electron chi connectivity index (χ0n) is 12.7. The Balaban J connectivity index is 1.80. The summed E-state index contributed by atoms with van der Waals surface area (Å²) in [7, 11) is -3.69. The molecule has 0 fully saturated rings. The number of imidazole rings is 1. The summed E-state index contributed by atoms with van der Waals surface area (Å²) in [5.41, 5.74) is 2.80. The first-order valence-electron chi connectivity index (χ1n) is 7.06. The second-order valence-electron chi connectivity index (χ2n) is 5.41. The van der Waals surface area contributed by atoms with E-state index >= 15 is 0 Å². The highest BCUT2D eigenvalue weighted by Gasteiger charge is 2.15. The maximum atomic E-state index is 13.3. The SMILES string of the molecule is Cc1nc2ccc(CNS(=O)(=O)c3ccc(F)c(C)c3)cc2[nH]1. The predicted molar refractivity (Wildman–Crippen MR) is 86.0 cm³/mol. The lowest BCUT2D eigenvalue weighted by atomic mass is 10.2. The standard InChI is InChI=1S/C16H16FN3O2S/c1-10-7-13(4-5-14(10)17)23(21,22)18-9-12-3-6-15-16(8-12)20-11(2)19-15/h3-8,18H,9H2,1-2H3,(H,19,20). The molecule has 1 heterocycles. The molecule has 3 aromatic rings. The second kappa shape index (κ2) is 5.75. The Labute approximate surface area is 133 Å². The molecule has 2 N–H and O–H groups in total. The molecule has 2 aromatic carbocycles. The monoisotopic (exact) mass is 333 g/mol. The van der Waals surface area contributed by atoms with Gasteiger partial charge in [-0.25, -0.2) is 22.5 Å². The van der Waals surface area contributed by atoms with Crippen LogP contribution in [0.1, 0.15) is 17.0 Å². The number of hydrogen-bond acceptors (Lipinski definition) is 3. The van der Waals surface area contributed by atoms with Crippen LogP contribution in [0.15, 0.2) is 41.3 Å². The molecule has 0 aliphatic heterocycles. The normalized spacial score (nSPS) is 12.0. The van der Waals surface area contributed by atoms with Crippen molar-refractivity contribution in [2.45, 2.75) is 25.3 Å². The van der Waals surface area contributed by atoms with Crippen molar-refractivity contribution in [1.29, 1.82) is 0 Å². The average molecular weight is 333 g/mol. The van der Waals surface area contributed by atoms with Crippen molar-refractivity contribution in [3.63, 3.8) is 0 Å². The topological polar surface area (TPSA) is 74.8 Å². The van der Waals surface area contributed by atoms with E-state index in [-0.39, 0.29) is 11.4 Å². The van der Waals surface area contributed by atoms with Crippen molar-refractivity contribution in [3.05, 3.63) is 59.2 Å². The van der Waals surface area contributed by atoms with Gasteiger partial charge in [0.05, 0.1) is 15.9 Å². The number of halogens is 1. The first-order valence-corrected chi connectivity index (χ1v) is 8.54. The Hall–Kier alpha value is -2.25. The fourth-order valence-electron chi connectivity index (χ4n) is 2.34. The number of nitrogens with zero attached hydrogens (tertiary/aromatic N) is 1. The fraction of sp³-hybridized carbons (Fsp3) is 0.188. The summed E-state index contributed by atoms with van der Waals surface area (Å²) in [6.07, 6.45) is 0. The number of sulfonamides is 1. The van der Waals surface area contributed by atoms with Gasteiger partial charge >= 0.3 is 0 Å². The number of benzene rings is 2. The molecule has 0 radical (unpaired) electrons. The lowest BCUT2D eigenvalue weighted by Crippen LogP contribution is -2.23. The maximum absolute atomic E-state index is 13.3. The maximum Gasteiger partial charge on any atom is 0.240 e. The molecule has 0 unspecified atom stereocenters. The van der Waals surface area contributed by atoms with Crippen molar-refractivity contribution in [3.8, 4) is 0 Å². The number of aromatic nitrogens is 2. The van der Waals surface area contributed by atoms with Crippen molar-refractivity contribution < 1.29 is 12.8 Å². The fourth-order valence-corrected chi connectivity index (χ4v) is 3.44. The van der Waals surface area contributed by atoms with Gasteiger partial charge in [0.15, 0.2) is 0 Å².